The van der Waals surface area contributed by atoms with Crippen LogP contribution < -0.4 is 0 Å². The molecule has 1 unspecified atom stereocenters. The van der Waals surface area contributed by atoms with Crippen LogP contribution in [0.3, 0.4) is 0 Å². The summed E-state index contributed by atoms with van der Waals surface area (Å²) in [4.78, 5) is 16.5. The Morgan fingerprint density at radius 3 is 2.43 bits per heavy atom. The molecule has 0 radical (unpaired) electrons. The van der Waals surface area contributed by atoms with Gasteiger partial charge in [-0.2, -0.15) is 0 Å². The van der Waals surface area contributed by atoms with E-state index in [9.17, 15) is 4.79 Å². The van der Waals surface area contributed by atoms with Crippen LogP contribution in [0.2, 0.25) is 0 Å². The molecule has 1 atom stereocenters. The molecule has 0 aliphatic carbocycles. The number of nitrogens with zero attached hydrogens (tertiary/aromatic N) is 2. The van der Waals surface area contributed by atoms with E-state index in [-0.39, 0.29) is 18.4 Å². The van der Waals surface area contributed by atoms with Gasteiger partial charge in [0.05, 0.1) is 6.61 Å². The van der Waals surface area contributed by atoms with Gasteiger partial charge in [0.1, 0.15) is 0 Å². The van der Waals surface area contributed by atoms with E-state index in [0.717, 1.165) is 30.7 Å². The third-order valence-corrected chi connectivity index (χ3v) is 4.59. The van der Waals surface area contributed by atoms with Crippen molar-refractivity contribution in [3.8, 4) is 0 Å². The first-order valence-corrected chi connectivity index (χ1v) is 8.26. The molecule has 1 saturated heterocycles. The number of β-amino-alcohol motifs (C(OH)–C–C–N with tert-alkyl or cyclic N) is 1. The largest absolute Gasteiger partial charge is 0.395 e. The molecule has 0 saturated carbocycles. The summed E-state index contributed by atoms with van der Waals surface area (Å²) in [6, 6.07) is 8.18. The van der Waals surface area contributed by atoms with Crippen molar-refractivity contribution < 1.29 is 9.90 Å². The normalized spacial score (nSPS) is 17.8. The van der Waals surface area contributed by atoms with E-state index in [0.29, 0.717) is 13.0 Å². The Bertz CT molecular complexity index is 456. The second-order valence-corrected chi connectivity index (χ2v) is 6.52. The number of benzene rings is 1. The Morgan fingerprint density at radius 2 is 1.86 bits per heavy atom. The Hall–Kier alpha value is -0.910. The number of hydrogen-bond acceptors (Lipinski definition) is 3. The molecule has 5 heteroatoms. The van der Waals surface area contributed by atoms with Gasteiger partial charge in [-0.25, -0.2) is 0 Å². The maximum absolute atomic E-state index is 12.4. The lowest BCUT2D eigenvalue weighted by molar-refractivity contribution is -0.133. The second kappa shape index (κ2) is 7.92. The van der Waals surface area contributed by atoms with Gasteiger partial charge in [0.15, 0.2) is 0 Å². The number of aliphatic hydroxyl groups is 1. The van der Waals surface area contributed by atoms with Crippen LogP contribution in [-0.2, 0) is 4.79 Å². The van der Waals surface area contributed by atoms with Crippen LogP contribution in [0.15, 0.2) is 28.7 Å². The maximum Gasteiger partial charge on any atom is 0.223 e. The predicted molar refractivity (Wildman–Crippen MR) is 87.3 cm³/mol. The molecule has 1 amide bonds. The topological polar surface area (TPSA) is 43.8 Å². The minimum atomic E-state index is 0.189. The van der Waals surface area contributed by atoms with Crippen LogP contribution in [-0.4, -0.2) is 60.1 Å². The third-order valence-electron chi connectivity index (χ3n) is 4.06. The zero-order valence-corrected chi connectivity index (χ0v) is 14.1. The van der Waals surface area contributed by atoms with E-state index in [2.05, 4.69) is 39.9 Å². The summed E-state index contributed by atoms with van der Waals surface area (Å²) >= 11 is 3.43. The van der Waals surface area contributed by atoms with Crippen molar-refractivity contribution in [3.05, 3.63) is 34.3 Å². The third kappa shape index (κ3) is 4.80. The van der Waals surface area contributed by atoms with Crippen molar-refractivity contribution >= 4 is 21.8 Å². The Balaban J connectivity index is 1.83. The second-order valence-electron chi connectivity index (χ2n) is 5.60. The fourth-order valence-electron chi connectivity index (χ4n) is 2.66. The van der Waals surface area contributed by atoms with Crippen LogP contribution in [0.1, 0.15) is 24.8 Å². The molecule has 1 aromatic rings. The van der Waals surface area contributed by atoms with Crippen molar-refractivity contribution in [1.29, 1.82) is 0 Å². The molecule has 1 fully saturated rings. The summed E-state index contributed by atoms with van der Waals surface area (Å²) in [6.07, 6.45) is 0.557. The maximum atomic E-state index is 12.4. The van der Waals surface area contributed by atoms with E-state index in [4.69, 9.17) is 5.11 Å². The van der Waals surface area contributed by atoms with Gasteiger partial charge in [0.2, 0.25) is 5.91 Å². The van der Waals surface area contributed by atoms with Crippen LogP contribution in [0.4, 0.5) is 0 Å². The first-order chi connectivity index (χ1) is 10.1. The summed E-state index contributed by atoms with van der Waals surface area (Å²) in [6.45, 7) is 6.25. The summed E-state index contributed by atoms with van der Waals surface area (Å²) in [5.74, 6) is 0.468. The molecule has 2 rings (SSSR count). The molecule has 1 aliphatic heterocycles. The van der Waals surface area contributed by atoms with E-state index < -0.39 is 0 Å². The standard InChI is InChI=1S/C16H23BrN2O2/c1-13(14-2-4-15(17)5-3-14)12-16(21)19-8-6-18(7-9-19)10-11-20/h2-5,13,20H,6-12H2,1H3. The van der Waals surface area contributed by atoms with Gasteiger partial charge in [-0.05, 0) is 23.6 Å². The molecule has 1 N–H and O–H groups in total. The zero-order chi connectivity index (χ0) is 15.2. The van der Waals surface area contributed by atoms with Crippen LogP contribution >= 0.6 is 15.9 Å². The first kappa shape index (κ1) is 16.5. The molecule has 0 bridgehead atoms. The highest BCUT2D eigenvalue weighted by atomic mass is 79.9. The Labute approximate surface area is 134 Å². The van der Waals surface area contributed by atoms with Gasteiger partial charge in [-0.3, -0.25) is 9.69 Å². The summed E-state index contributed by atoms with van der Waals surface area (Å²) < 4.78 is 1.06. The van der Waals surface area contributed by atoms with Gasteiger partial charge in [-0.1, -0.05) is 35.0 Å². The molecule has 116 valence electrons. The highest BCUT2D eigenvalue weighted by molar-refractivity contribution is 9.10. The van der Waals surface area contributed by atoms with Crippen LogP contribution in [0.5, 0.6) is 0 Å². The number of rotatable bonds is 5. The highest BCUT2D eigenvalue weighted by Gasteiger charge is 2.22. The van der Waals surface area contributed by atoms with E-state index in [1.54, 1.807) is 0 Å². The van der Waals surface area contributed by atoms with Crippen molar-refractivity contribution in [2.45, 2.75) is 19.3 Å². The minimum absolute atomic E-state index is 0.189. The summed E-state index contributed by atoms with van der Waals surface area (Å²) in [7, 11) is 0. The lowest BCUT2D eigenvalue weighted by Crippen LogP contribution is -2.49. The molecule has 1 aliphatic rings. The molecule has 1 heterocycles. The average Bonchev–Trinajstić information content (AvgIpc) is 2.49. The molecular formula is C16H23BrN2O2. The quantitative estimate of drug-likeness (QED) is 0.880. The van der Waals surface area contributed by atoms with Crippen molar-refractivity contribution in [1.82, 2.24) is 9.80 Å². The molecule has 4 nitrogen and oxygen atoms in total. The molecule has 1 aromatic carbocycles. The average molecular weight is 355 g/mol. The van der Waals surface area contributed by atoms with E-state index in [1.807, 2.05) is 17.0 Å². The Kier molecular flexibility index (Phi) is 6.21. The SMILES string of the molecule is CC(CC(=O)N1CCN(CCO)CC1)c1ccc(Br)cc1. The molecular weight excluding hydrogens is 332 g/mol. The lowest BCUT2D eigenvalue weighted by atomic mass is 9.97. The van der Waals surface area contributed by atoms with E-state index >= 15 is 0 Å². The van der Waals surface area contributed by atoms with Crippen LogP contribution in [0, 0.1) is 0 Å². The summed E-state index contributed by atoms with van der Waals surface area (Å²) in [5, 5.41) is 8.93. The first-order valence-electron chi connectivity index (χ1n) is 7.46. The van der Waals surface area contributed by atoms with Crippen molar-refractivity contribution in [2.75, 3.05) is 39.3 Å². The number of carbonyl (C=O) groups is 1. The highest BCUT2D eigenvalue weighted by Crippen LogP contribution is 2.22. The number of aliphatic hydroxyl groups excluding tert-OH is 1. The molecule has 0 aromatic heterocycles. The van der Waals surface area contributed by atoms with Gasteiger partial charge in [0.25, 0.3) is 0 Å². The van der Waals surface area contributed by atoms with Crippen molar-refractivity contribution in [3.63, 3.8) is 0 Å². The molecule has 21 heavy (non-hydrogen) atoms. The van der Waals surface area contributed by atoms with Crippen LogP contribution in [0.25, 0.3) is 0 Å². The number of piperazine rings is 1. The lowest BCUT2D eigenvalue weighted by Gasteiger charge is -2.34. The smallest absolute Gasteiger partial charge is 0.223 e. The monoisotopic (exact) mass is 354 g/mol. The fraction of sp³-hybridized carbons (Fsp3) is 0.562. The predicted octanol–water partition coefficient (Wildman–Crippen LogP) is 2.08. The fourth-order valence-corrected chi connectivity index (χ4v) is 2.93. The number of carbonyl (C=O) groups excluding carboxylic acids is 1. The number of hydrogen-bond donors (Lipinski definition) is 1. The van der Waals surface area contributed by atoms with Gasteiger partial charge >= 0.3 is 0 Å². The number of halogens is 1. The summed E-state index contributed by atoms with van der Waals surface area (Å²) in [5.41, 5.74) is 1.20. The number of amides is 1. The van der Waals surface area contributed by atoms with Gasteiger partial charge in [0, 0.05) is 43.6 Å². The Morgan fingerprint density at radius 1 is 1.24 bits per heavy atom. The van der Waals surface area contributed by atoms with E-state index in [1.165, 1.54) is 5.56 Å². The van der Waals surface area contributed by atoms with Crippen molar-refractivity contribution in [2.24, 2.45) is 0 Å². The minimum Gasteiger partial charge on any atom is -0.395 e. The van der Waals surface area contributed by atoms with Gasteiger partial charge in [-0.15, -0.1) is 0 Å². The zero-order valence-electron chi connectivity index (χ0n) is 12.5. The molecule has 0 spiro atoms. The van der Waals surface area contributed by atoms with Gasteiger partial charge < -0.3 is 10.0 Å².